The molecule has 1 aliphatic rings. The van der Waals surface area contributed by atoms with E-state index in [4.69, 9.17) is 0 Å². The Morgan fingerprint density at radius 1 is 1.62 bits per heavy atom. The average molecular weight is 239 g/mol. The first kappa shape index (κ1) is 11.1. The lowest BCUT2D eigenvalue weighted by atomic mass is 10.3. The molecule has 1 N–H and O–H groups in total. The van der Waals surface area contributed by atoms with E-state index in [-0.39, 0.29) is 11.8 Å². The van der Waals surface area contributed by atoms with Crippen LogP contribution in [0, 0.1) is 0 Å². The standard InChI is InChI=1S/C10H13N3O2S/c1-7-10(15)13(3-2-9(14)12-7)4-8-5-16-6-11-8/h5-7H,2-4H2,1H3,(H,12,14). The first-order valence-electron chi connectivity index (χ1n) is 5.12. The summed E-state index contributed by atoms with van der Waals surface area (Å²) in [6.07, 6.45) is 0.361. The largest absolute Gasteiger partial charge is 0.345 e. The van der Waals surface area contributed by atoms with E-state index in [0.717, 1.165) is 5.69 Å². The summed E-state index contributed by atoms with van der Waals surface area (Å²) in [6, 6.07) is -0.436. The molecule has 86 valence electrons. The van der Waals surface area contributed by atoms with Crippen LogP contribution in [0.4, 0.5) is 0 Å². The number of carbonyl (C=O) groups is 2. The maximum atomic E-state index is 11.9. The number of amides is 2. The van der Waals surface area contributed by atoms with Gasteiger partial charge in [0.05, 0.1) is 17.7 Å². The van der Waals surface area contributed by atoms with E-state index >= 15 is 0 Å². The van der Waals surface area contributed by atoms with Crippen molar-refractivity contribution in [2.45, 2.75) is 25.9 Å². The summed E-state index contributed by atoms with van der Waals surface area (Å²) < 4.78 is 0. The minimum absolute atomic E-state index is 0.0427. The van der Waals surface area contributed by atoms with Gasteiger partial charge < -0.3 is 10.2 Å². The van der Waals surface area contributed by atoms with Gasteiger partial charge >= 0.3 is 0 Å². The molecule has 1 aliphatic heterocycles. The number of hydrogen-bond acceptors (Lipinski definition) is 4. The van der Waals surface area contributed by atoms with Crippen LogP contribution in [0.15, 0.2) is 10.9 Å². The Kier molecular flexibility index (Phi) is 3.19. The lowest BCUT2D eigenvalue weighted by molar-refractivity contribution is -0.133. The minimum atomic E-state index is -0.436. The zero-order valence-corrected chi connectivity index (χ0v) is 9.79. The zero-order valence-electron chi connectivity index (χ0n) is 8.97. The van der Waals surface area contributed by atoms with Gasteiger partial charge in [0.1, 0.15) is 6.04 Å². The van der Waals surface area contributed by atoms with Gasteiger partial charge in [-0.25, -0.2) is 4.98 Å². The van der Waals surface area contributed by atoms with Crippen molar-refractivity contribution in [3.63, 3.8) is 0 Å². The SMILES string of the molecule is CC1NC(=O)CCN(Cc2cscn2)C1=O. The molecule has 2 amide bonds. The fourth-order valence-electron chi connectivity index (χ4n) is 1.66. The molecule has 0 spiro atoms. The molecule has 1 atom stereocenters. The molecule has 2 heterocycles. The predicted molar refractivity (Wildman–Crippen MR) is 59.8 cm³/mol. The lowest BCUT2D eigenvalue weighted by Gasteiger charge is -2.21. The van der Waals surface area contributed by atoms with Gasteiger partial charge in [0.2, 0.25) is 11.8 Å². The molecule has 6 heteroatoms. The molecule has 1 aromatic heterocycles. The van der Waals surface area contributed by atoms with Crippen molar-refractivity contribution in [2.24, 2.45) is 0 Å². The summed E-state index contributed by atoms with van der Waals surface area (Å²) in [5, 5.41) is 4.57. The number of thiazole rings is 1. The van der Waals surface area contributed by atoms with E-state index in [1.165, 1.54) is 11.3 Å². The smallest absolute Gasteiger partial charge is 0.245 e. The van der Waals surface area contributed by atoms with Crippen molar-refractivity contribution in [2.75, 3.05) is 6.54 Å². The number of nitrogens with zero attached hydrogens (tertiary/aromatic N) is 2. The van der Waals surface area contributed by atoms with Gasteiger partial charge in [-0.05, 0) is 6.92 Å². The summed E-state index contributed by atoms with van der Waals surface area (Å²) >= 11 is 1.50. The van der Waals surface area contributed by atoms with Crippen molar-refractivity contribution in [3.8, 4) is 0 Å². The molecule has 1 fully saturated rings. The average Bonchev–Trinajstić information content (AvgIpc) is 2.71. The fourth-order valence-corrected chi connectivity index (χ4v) is 2.21. The van der Waals surface area contributed by atoms with Gasteiger partial charge in [0.15, 0.2) is 0 Å². The van der Waals surface area contributed by atoms with Crippen LogP contribution in [0.3, 0.4) is 0 Å². The maximum absolute atomic E-state index is 11.9. The van der Waals surface area contributed by atoms with Crippen LogP contribution in [-0.2, 0) is 16.1 Å². The van der Waals surface area contributed by atoms with Crippen LogP contribution in [-0.4, -0.2) is 34.3 Å². The first-order valence-corrected chi connectivity index (χ1v) is 6.06. The molecule has 16 heavy (non-hydrogen) atoms. The predicted octanol–water partition coefficient (Wildman–Crippen LogP) is 0.380. The lowest BCUT2D eigenvalue weighted by Crippen LogP contribution is -2.42. The second-order valence-corrected chi connectivity index (χ2v) is 4.50. The molecule has 0 aromatic carbocycles. The quantitative estimate of drug-likeness (QED) is 0.811. The third-order valence-electron chi connectivity index (χ3n) is 2.50. The summed E-state index contributed by atoms with van der Waals surface area (Å²) in [5.74, 6) is -0.111. The van der Waals surface area contributed by atoms with E-state index < -0.39 is 6.04 Å². The third kappa shape index (κ3) is 2.38. The van der Waals surface area contributed by atoms with E-state index in [0.29, 0.717) is 19.5 Å². The Morgan fingerprint density at radius 2 is 2.44 bits per heavy atom. The van der Waals surface area contributed by atoms with Gasteiger partial charge in [-0.15, -0.1) is 11.3 Å². The van der Waals surface area contributed by atoms with Crippen molar-refractivity contribution in [3.05, 3.63) is 16.6 Å². The minimum Gasteiger partial charge on any atom is -0.345 e. The Bertz CT molecular complexity index is 391. The van der Waals surface area contributed by atoms with Crippen LogP contribution in [0.2, 0.25) is 0 Å². The van der Waals surface area contributed by atoms with E-state index in [1.807, 2.05) is 5.38 Å². The number of nitrogens with one attached hydrogen (secondary N) is 1. The Morgan fingerprint density at radius 3 is 3.12 bits per heavy atom. The topological polar surface area (TPSA) is 62.3 Å². The highest BCUT2D eigenvalue weighted by atomic mass is 32.1. The van der Waals surface area contributed by atoms with Crippen LogP contribution in [0.1, 0.15) is 19.0 Å². The number of carbonyl (C=O) groups excluding carboxylic acids is 2. The summed E-state index contributed by atoms with van der Waals surface area (Å²) in [5.41, 5.74) is 2.62. The second kappa shape index (κ2) is 4.61. The summed E-state index contributed by atoms with van der Waals surface area (Å²) in [4.78, 5) is 29.0. The van der Waals surface area contributed by atoms with Gasteiger partial charge in [-0.2, -0.15) is 0 Å². The van der Waals surface area contributed by atoms with Crippen molar-refractivity contribution < 1.29 is 9.59 Å². The summed E-state index contributed by atoms with van der Waals surface area (Å²) in [6.45, 7) is 2.66. The highest BCUT2D eigenvalue weighted by molar-refractivity contribution is 7.07. The van der Waals surface area contributed by atoms with Crippen molar-refractivity contribution in [1.82, 2.24) is 15.2 Å². The normalized spacial score (nSPS) is 21.8. The molecule has 2 rings (SSSR count). The van der Waals surface area contributed by atoms with Crippen molar-refractivity contribution in [1.29, 1.82) is 0 Å². The number of hydrogen-bond donors (Lipinski definition) is 1. The fraction of sp³-hybridized carbons (Fsp3) is 0.500. The molecular weight excluding hydrogens is 226 g/mol. The van der Waals surface area contributed by atoms with Gasteiger partial charge in [0.25, 0.3) is 0 Å². The first-order chi connectivity index (χ1) is 7.66. The zero-order chi connectivity index (χ0) is 11.5. The number of aromatic nitrogens is 1. The van der Waals surface area contributed by atoms with E-state index in [1.54, 1.807) is 17.3 Å². The third-order valence-corrected chi connectivity index (χ3v) is 3.14. The Hall–Kier alpha value is -1.43. The molecule has 0 radical (unpaired) electrons. The molecule has 0 aliphatic carbocycles. The molecule has 1 unspecified atom stereocenters. The van der Waals surface area contributed by atoms with Crippen molar-refractivity contribution >= 4 is 23.2 Å². The molecule has 1 saturated heterocycles. The molecule has 0 saturated carbocycles. The van der Waals surface area contributed by atoms with Gasteiger partial charge in [-0.3, -0.25) is 9.59 Å². The highest BCUT2D eigenvalue weighted by Gasteiger charge is 2.26. The Labute approximate surface area is 97.5 Å². The monoisotopic (exact) mass is 239 g/mol. The van der Waals surface area contributed by atoms with Gasteiger partial charge in [-0.1, -0.05) is 0 Å². The van der Waals surface area contributed by atoms with Crippen LogP contribution in [0.5, 0.6) is 0 Å². The maximum Gasteiger partial charge on any atom is 0.245 e. The van der Waals surface area contributed by atoms with Gasteiger partial charge in [0, 0.05) is 18.3 Å². The summed E-state index contributed by atoms with van der Waals surface area (Å²) in [7, 11) is 0. The van der Waals surface area contributed by atoms with E-state index in [2.05, 4.69) is 10.3 Å². The molecule has 0 bridgehead atoms. The Balaban J connectivity index is 2.08. The number of rotatable bonds is 2. The van der Waals surface area contributed by atoms with Crippen LogP contribution in [0.25, 0.3) is 0 Å². The van der Waals surface area contributed by atoms with Crippen LogP contribution >= 0.6 is 11.3 Å². The molecule has 1 aromatic rings. The molecular formula is C10H13N3O2S. The van der Waals surface area contributed by atoms with Crippen LogP contribution < -0.4 is 5.32 Å². The van der Waals surface area contributed by atoms with E-state index in [9.17, 15) is 9.59 Å². The second-order valence-electron chi connectivity index (χ2n) is 3.78. The highest BCUT2D eigenvalue weighted by Crippen LogP contribution is 2.10. The molecule has 5 nitrogen and oxygen atoms in total.